The number of carbonyl (C=O) groups is 1. The molecule has 0 saturated heterocycles. The lowest BCUT2D eigenvalue weighted by molar-refractivity contribution is -0.123. The molecule has 0 unspecified atom stereocenters. The molecule has 2 N–H and O–H groups in total. The number of ether oxygens (including phenoxy) is 1. The number of carbonyl (C=O) groups excluding carboxylic acids is 1. The Balaban J connectivity index is 1.72. The van der Waals surface area contributed by atoms with E-state index in [0.717, 1.165) is 5.82 Å². The van der Waals surface area contributed by atoms with Crippen LogP contribution in [0, 0.1) is 0 Å². The minimum Gasteiger partial charge on any atom is -0.483 e. The summed E-state index contributed by atoms with van der Waals surface area (Å²) in [6, 6.07) is 5.13. The van der Waals surface area contributed by atoms with Crippen molar-refractivity contribution in [2.75, 3.05) is 13.2 Å². The highest BCUT2D eigenvalue weighted by Gasteiger charge is 2.06. The first kappa shape index (κ1) is 14.9. The minimum atomic E-state index is -0.182. The van der Waals surface area contributed by atoms with Gasteiger partial charge in [-0.25, -0.2) is 4.98 Å². The Morgan fingerprint density at radius 3 is 3.05 bits per heavy atom. The summed E-state index contributed by atoms with van der Waals surface area (Å²) < 4.78 is 6.12. The fraction of sp³-hybridized carbons (Fsp3) is 0.231. The summed E-state index contributed by atoms with van der Waals surface area (Å²) in [7, 11) is 0. The molecule has 0 saturated carbocycles. The number of hydrogen-bond donors (Lipinski definition) is 2. The molecular formula is C13H13BrClN3O2. The van der Waals surface area contributed by atoms with Gasteiger partial charge >= 0.3 is 0 Å². The van der Waals surface area contributed by atoms with E-state index in [1.807, 2.05) is 0 Å². The molecule has 0 aliphatic carbocycles. The van der Waals surface area contributed by atoms with E-state index < -0.39 is 0 Å². The van der Waals surface area contributed by atoms with Gasteiger partial charge in [-0.2, -0.15) is 0 Å². The number of H-pyrrole nitrogens is 1. The number of halogens is 2. The summed E-state index contributed by atoms with van der Waals surface area (Å²) in [5.41, 5.74) is 0. The van der Waals surface area contributed by atoms with E-state index in [-0.39, 0.29) is 12.5 Å². The van der Waals surface area contributed by atoms with Crippen molar-refractivity contribution in [3.63, 3.8) is 0 Å². The molecular weight excluding hydrogens is 346 g/mol. The molecule has 0 atom stereocenters. The van der Waals surface area contributed by atoms with Gasteiger partial charge in [0.2, 0.25) is 0 Å². The predicted octanol–water partition coefficient (Wildman–Crippen LogP) is 2.56. The highest BCUT2D eigenvalue weighted by Crippen LogP contribution is 2.27. The predicted molar refractivity (Wildman–Crippen MR) is 79.9 cm³/mol. The molecule has 0 bridgehead atoms. The van der Waals surface area contributed by atoms with E-state index in [1.54, 1.807) is 30.6 Å². The van der Waals surface area contributed by atoms with Crippen LogP contribution in [0.2, 0.25) is 5.02 Å². The van der Waals surface area contributed by atoms with Crippen molar-refractivity contribution in [3.8, 4) is 5.75 Å². The van der Waals surface area contributed by atoms with Crippen molar-refractivity contribution in [1.82, 2.24) is 15.3 Å². The quantitative estimate of drug-likeness (QED) is 0.834. The molecule has 1 amide bonds. The molecule has 0 spiro atoms. The number of aromatic amines is 1. The highest BCUT2D eigenvalue weighted by molar-refractivity contribution is 9.10. The van der Waals surface area contributed by atoms with E-state index >= 15 is 0 Å². The summed E-state index contributed by atoms with van der Waals surface area (Å²) in [6.07, 6.45) is 4.08. The lowest BCUT2D eigenvalue weighted by Gasteiger charge is -2.08. The molecule has 5 nitrogen and oxygen atoms in total. The molecule has 2 rings (SSSR count). The van der Waals surface area contributed by atoms with Crippen LogP contribution < -0.4 is 10.1 Å². The number of benzene rings is 1. The number of imidazole rings is 1. The summed E-state index contributed by atoms with van der Waals surface area (Å²) in [5, 5.41) is 3.36. The van der Waals surface area contributed by atoms with Gasteiger partial charge in [0.25, 0.3) is 5.91 Å². The maximum atomic E-state index is 11.6. The molecule has 1 aromatic heterocycles. The molecule has 1 heterocycles. The number of aromatic nitrogens is 2. The molecule has 0 fully saturated rings. The van der Waals surface area contributed by atoms with Gasteiger partial charge in [-0.05, 0) is 34.1 Å². The summed E-state index contributed by atoms with van der Waals surface area (Å²) in [5.74, 6) is 1.24. The lowest BCUT2D eigenvalue weighted by atomic mass is 10.3. The minimum absolute atomic E-state index is 0.0433. The second kappa shape index (κ2) is 7.31. The molecule has 20 heavy (non-hydrogen) atoms. The van der Waals surface area contributed by atoms with E-state index in [9.17, 15) is 4.79 Å². The second-order valence-corrected chi connectivity index (χ2v) is 5.29. The lowest BCUT2D eigenvalue weighted by Crippen LogP contribution is -2.30. The fourth-order valence-corrected chi connectivity index (χ4v) is 2.34. The molecule has 2 aromatic rings. The number of hydrogen-bond acceptors (Lipinski definition) is 3. The van der Waals surface area contributed by atoms with Crippen molar-refractivity contribution in [3.05, 3.63) is 45.9 Å². The summed E-state index contributed by atoms with van der Waals surface area (Å²) in [4.78, 5) is 18.7. The maximum Gasteiger partial charge on any atom is 0.257 e. The zero-order valence-electron chi connectivity index (χ0n) is 10.5. The Labute approximate surface area is 129 Å². The first-order valence-electron chi connectivity index (χ1n) is 5.98. The molecule has 7 heteroatoms. The molecule has 0 aliphatic heterocycles. The Morgan fingerprint density at radius 2 is 2.35 bits per heavy atom. The normalized spacial score (nSPS) is 10.3. The SMILES string of the molecule is O=C(COc1ccc(Cl)cc1Br)NCCc1ncc[nH]1. The van der Waals surface area contributed by atoms with Gasteiger partial charge in [0.15, 0.2) is 6.61 Å². The summed E-state index contributed by atoms with van der Waals surface area (Å²) in [6.45, 7) is 0.468. The van der Waals surface area contributed by atoms with E-state index in [0.29, 0.717) is 28.2 Å². The number of nitrogens with one attached hydrogen (secondary N) is 2. The van der Waals surface area contributed by atoms with E-state index in [1.165, 1.54) is 0 Å². The molecule has 1 aromatic carbocycles. The Bertz CT molecular complexity index is 575. The van der Waals surface area contributed by atoms with Gasteiger partial charge in [-0.1, -0.05) is 11.6 Å². The van der Waals surface area contributed by atoms with Crippen LogP contribution in [0.1, 0.15) is 5.82 Å². The third-order valence-electron chi connectivity index (χ3n) is 2.49. The van der Waals surface area contributed by atoms with Crippen molar-refractivity contribution in [1.29, 1.82) is 0 Å². The van der Waals surface area contributed by atoms with Crippen molar-refractivity contribution in [2.45, 2.75) is 6.42 Å². The molecule has 106 valence electrons. The summed E-state index contributed by atoms with van der Waals surface area (Å²) >= 11 is 9.15. The van der Waals surface area contributed by atoms with Crippen LogP contribution in [0.25, 0.3) is 0 Å². The Kier molecular flexibility index (Phi) is 5.43. The fourth-order valence-electron chi connectivity index (χ4n) is 1.54. The second-order valence-electron chi connectivity index (χ2n) is 4.00. The van der Waals surface area contributed by atoms with E-state index in [4.69, 9.17) is 16.3 Å². The van der Waals surface area contributed by atoms with Crippen molar-refractivity contribution in [2.24, 2.45) is 0 Å². The van der Waals surface area contributed by atoms with Crippen LogP contribution in [-0.2, 0) is 11.2 Å². The van der Waals surface area contributed by atoms with Crippen molar-refractivity contribution >= 4 is 33.4 Å². The van der Waals surface area contributed by atoms with Crippen LogP contribution in [0.3, 0.4) is 0 Å². The highest BCUT2D eigenvalue weighted by atomic mass is 79.9. The third-order valence-corrected chi connectivity index (χ3v) is 3.35. The first-order chi connectivity index (χ1) is 9.65. The Hall–Kier alpha value is -1.53. The van der Waals surface area contributed by atoms with Gasteiger partial charge in [0.05, 0.1) is 4.47 Å². The zero-order valence-corrected chi connectivity index (χ0v) is 12.9. The smallest absolute Gasteiger partial charge is 0.257 e. The number of rotatable bonds is 6. The van der Waals surface area contributed by atoms with Gasteiger partial charge in [-0.3, -0.25) is 4.79 Å². The van der Waals surface area contributed by atoms with Crippen molar-refractivity contribution < 1.29 is 9.53 Å². The van der Waals surface area contributed by atoms with Gasteiger partial charge in [0, 0.05) is 30.4 Å². The first-order valence-corrected chi connectivity index (χ1v) is 7.15. The molecule has 0 radical (unpaired) electrons. The standard InChI is InChI=1S/C13H13BrClN3O2/c14-10-7-9(15)1-2-11(10)20-8-13(19)18-4-3-12-16-5-6-17-12/h1-2,5-7H,3-4,8H2,(H,16,17)(H,18,19). The van der Waals surface area contributed by atoms with Crippen LogP contribution in [0.5, 0.6) is 5.75 Å². The van der Waals surface area contributed by atoms with Crippen LogP contribution in [0.15, 0.2) is 35.1 Å². The van der Waals surface area contributed by atoms with Crippen LogP contribution >= 0.6 is 27.5 Å². The largest absolute Gasteiger partial charge is 0.483 e. The van der Waals surface area contributed by atoms with Crippen LogP contribution in [0.4, 0.5) is 0 Å². The van der Waals surface area contributed by atoms with Crippen LogP contribution in [-0.4, -0.2) is 29.0 Å². The average molecular weight is 359 g/mol. The van der Waals surface area contributed by atoms with Gasteiger partial charge < -0.3 is 15.0 Å². The van der Waals surface area contributed by atoms with Gasteiger partial charge in [0.1, 0.15) is 11.6 Å². The average Bonchev–Trinajstić information content (AvgIpc) is 2.91. The number of nitrogens with zero attached hydrogens (tertiary/aromatic N) is 1. The monoisotopic (exact) mass is 357 g/mol. The topological polar surface area (TPSA) is 67.0 Å². The zero-order chi connectivity index (χ0) is 14.4. The van der Waals surface area contributed by atoms with E-state index in [2.05, 4.69) is 31.2 Å². The third kappa shape index (κ3) is 4.54. The Morgan fingerprint density at radius 1 is 1.50 bits per heavy atom. The maximum absolute atomic E-state index is 11.6. The molecule has 0 aliphatic rings. The number of amides is 1. The van der Waals surface area contributed by atoms with Gasteiger partial charge in [-0.15, -0.1) is 0 Å².